The van der Waals surface area contributed by atoms with Crippen LogP contribution in [-0.2, 0) is 6.54 Å². The van der Waals surface area contributed by atoms with E-state index in [2.05, 4.69) is 33.8 Å². The summed E-state index contributed by atoms with van der Waals surface area (Å²) in [6, 6.07) is 4.69. The molecule has 112 valence electrons. The molecule has 1 aliphatic carbocycles. The van der Waals surface area contributed by atoms with Crippen LogP contribution in [0.15, 0.2) is 16.6 Å². The molecule has 0 spiro atoms. The van der Waals surface area contributed by atoms with E-state index in [4.69, 9.17) is 10.5 Å². The molecule has 2 N–H and O–H groups in total. The highest BCUT2D eigenvalue weighted by Crippen LogP contribution is 2.31. The summed E-state index contributed by atoms with van der Waals surface area (Å²) < 4.78 is 6.27. The number of benzene rings is 1. The minimum absolute atomic E-state index is 0.707. The van der Waals surface area contributed by atoms with Gasteiger partial charge >= 0.3 is 0 Å². The second kappa shape index (κ2) is 7.32. The normalized spacial score (nSPS) is 16.6. The van der Waals surface area contributed by atoms with Crippen LogP contribution in [0.2, 0.25) is 0 Å². The molecule has 0 aromatic heterocycles. The molecule has 4 heteroatoms. The number of nitrogens with zero attached hydrogens (tertiary/aromatic N) is 1. The van der Waals surface area contributed by atoms with Crippen molar-refractivity contribution in [1.82, 2.24) is 4.90 Å². The van der Waals surface area contributed by atoms with Crippen LogP contribution in [0.3, 0.4) is 0 Å². The Kier molecular flexibility index (Phi) is 5.73. The van der Waals surface area contributed by atoms with Gasteiger partial charge in [-0.05, 0) is 53.0 Å². The quantitative estimate of drug-likeness (QED) is 0.816. The lowest BCUT2D eigenvalue weighted by Gasteiger charge is -2.34. The lowest BCUT2D eigenvalue weighted by Crippen LogP contribution is -2.36. The molecule has 3 nitrogen and oxygen atoms in total. The summed E-state index contributed by atoms with van der Waals surface area (Å²) in [5, 5.41) is 0. The van der Waals surface area contributed by atoms with Crippen LogP contribution >= 0.6 is 15.9 Å². The van der Waals surface area contributed by atoms with Gasteiger partial charge in [-0.25, -0.2) is 0 Å². The predicted octanol–water partition coefficient (Wildman–Crippen LogP) is 4.19. The number of nitrogen functional groups attached to an aromatic ring is 1. The Hall–Kier alpha value is -0.740. The van der Waals surface area contributed by atoms with Gasteiger partial charge in [-0.15, -0.1) is 0 Å². The molecule has 1 saturated carbocycles. The van der Waals surface area contributed by atoms with Crippen molar-refractivity contribution in [3.63, 3.8) is 0 Å². The summed E-state index contributed by atoms with van der Waals surface area (Å²) >= 11 is 3.52. The van der Waals surface area contributed by atoms with E-state index in [0.717, 1.165) is 34.6 Å². The average molecular weight is 341 g/mol. The SMILES string of the molecule is CCN(Cc1cc(OC)cc(Br)c1N)C1CCCCC1. The summed E-state index contributed by atoms with van der Waals surface area (Å²) in [5.74, 6) is 0.862. The smallest absolute Gasteiger partial charge is 0.120 e. The fourth-order valence-electron chi connectivity index (χ4n) is 3.06. The molecule has 2 rings (SSSR count). The molecular weight excluding hydrogens is 316 g/mol. The third kappa shape index (κ3) is 3.67. The lowest BCUT2D eigenvalue weighted by molar-refractivity contribution is 0.156. The Morgan fingerprint density at radius 2 is 2.00 bits per heavy atom. The van der Waals surface area contributed by atoms with E-state index in [9.17, 15) is 0 Å². The molecule has 0 saturated heterocycles. The Bertz CT molecular complexity index is 444. The number of hydrogen-bond donors (Lipinski definition) is 1. The summed E-state index contributed by atoms with van der Waals surface area (Å²) in [6.07, 6.45) is 6.75. The molecule has 0 aliphatic heterocycles. The van der Waals surface area contributed by atoms with Gasteiger partial charge in [-0.3, -0.25) is 4.90 Å². The third-order valence-corrected chi connectivity index (χ3v) is 4.95. The molecule has 0 heterocycles. The molecule has 1 aliphatic rings. The number of nitrogens with two attached hydrogens (primary N) is 1. The second-order valence-electron chi connectivity index (χ2n) is 5.54. The van der Waals surface area contributed by atoms with Crippen molar-refractivity contribution in [3.05, 3.63) is 22.2 Å². The lowest BCUT2D eigenvalue weighted by atomic mass is 9.94. The molecule has 1 fully saturated rings. The maximum absolute atomic E-state index is 6.21. The predicted molar refractivity (Wildman–Crippen MR) is 88.1 cm³/mol. The summed E-state index contributed by atoms with van der Waals surface area (Å²) in [5.41, 5.74) is 8.20. The monoisotopic (exact) mass is 340 g/mol. The zero-order chi connectivity index (χ0) is 14.5. The average Bonchev–Trinajstić information content (AvgIpc) is 2.49. The van der Waals surface area contributed by atoms with Gasteiger partial charge in [0.25, 0.3) is 0 Å². The maximum Gasteiger partial charge on any atom is 0.120 e. The van der Waals surface area contributed by atoms with Gasteiger partial charge < -0.3 is 10.5 Å². The maximum atomic E-state index is 6.21. The molecule has 20 heavy (non-hydrogen) atoms. The molecule has 0 atom stereocenters. The van der Waals surface area contributed by atoms with Crippen molar-refractivity contribution >= 4 is 21.6 Å². The topological polar surface area (TPSA) is 38.5 Å². The first kappa shape index (κ1) is 15.6. The minimum Gasteiger partial charge on any atom is -0.497 e. The second-order valence-corrected chi connectivity index (χ2v) is 6.39. The third-order valence-electron chi connectivity index (χ3n) is 4.30. The number of halogens is 1. The molecule has 0 radical (unpaired) electrons. The van der Waals surface area contributed by atoms with Crippen molar-refractivity contribution in [1.29, 1.82) is 0 Å². The van der Waals surface area contributed by atoms with Crippen molar-refractivity contribution in [2.75, 3.05) is 19.4 Å². The fourth-order valence-corrected chi connectivity index (χ4v) is 3.54. The van der Waals surface area contributed by atoms with E-state index in [1.54, 1.807) is 7.11 Å². The first-order valence-electron chi connectivity index (χ1n) is 7.51. The van der Waals surface area contributed by atoms with E-state index in [1.165, 1.54) is 32.1 Å². The molecule has 1 aromatic rings. The minimum atomic E-state index is 0.707. The van der Waals surface area contributed by atoms with E-state index >= 15 is 0 Å². The summed E-state index contributed by atoms with van der Waals surface area (Å²) in [7, 11) is 1.69. The zero-order valence-corrected chi connectivity index (χ0v) is 14.1. The van der Waals surface area contributed by atoms with E-state index < -0.39 is 0 Å². The zero-order valence-electron chi connectivity index (χ0n) is 12.5. The van der Waals surface area contributed by atoms with Crippen molar-refractivity contribution < 1.29 is 4.74 Å². The van der Waals surface area contributed by atoms with Crippen LogP contribution in [0, 0.1) is 0 Å². The van der Waals surface area contributed by atoms with Crippen LogP contribution in [0.4, 0.5) is 5.69 Å². The number of methoxy groups -OCH3 is 1. The summed E-state index contributed by atoms with van der Waals surface area (Å²) in [6.45, 7) is 4.21. The van der Waals surface area contributed by atoms with E-state index in [0.29, 0.717) is 6.04 Å². The van der Waals surface area contributed by atoms with Gasteiger partial charge in [0.1, 0.15) is 5.75 Å². The molecular formula is C16H25BrN2O. The number of rotatable bonds is 5. The molecule has 0 amide bonds. The fraction of sp³-hybridized carbons (Fsp3) is 0.625. The molecule has 1 aromatic carbocycles. The van der Waals surface area contributed by atoms with Crippen molar-refractivity contribution in [3.8, 4) is 5.75 Å². The van der Waals surface area contributed by atoms with Crippen LogP contribution < -0.4 is 10.5 Å². The van der Waals surface area contributed by atoms with Gasteiger partial charge in [-0.1, -0.05) is 26.2 Å². The Labute approximate surface area is 130 Å². The highest BCUT2D eigenvalue weighted by molar-refractivity contribution is 9.10. The standard InChI is InChI=1S/C16H25BrN2O/c1-3-19(13-7-5-4-6-8-13)11-12-9-14(20-2)10-15(17)16(12)18/h9-10,13H,3-8,11,18H2,1-2H3. The number of ether oxygens (including phenoxy) is 1. The van der Waals surface area contributed by atoms with Crippen LogP contribution in [0.1, 0.15) is 44.6 Å². The van der Waals surface area contributed by atoms with Crippen LogP contribution in [0.25, 0.3) is 0 Å². The van der Waals surface area contributed by atoms with Gasteiger partial charge in [0, 0.05) is 17.1 Å². The molecule has 0 bridgehead atoms. The largest absolute Gasteiger partial charge is 0.497 e. The van der Waals surface area contributed by atoms with Crippen molar-refractivity contribution in [2.24, 2.45) is 0 Å². The first-order valence-corrected chi connectivity index (χ1v) is 8.31. The van der Waals surface area contributed by atoms with E-state index in [1.807, 2.05) is 6.07 Å². The van der Waals surface area contributed by atoms with Crippen LogP contribution in [0.5, 0.6) is 5.75 Å². The Morgan fingerprint density at radius 3 is 2.60 bits per heavy atom. The number of hydrogen-bond acceptors (Lipinski definition) is 3. The van der Waals surface area contributed by atoms with Gasteiger partial charge in [0.2, 0.25) is 0 Å². The Balaban J connectivity index is 2.15. The van der Waals surface area contributed by atoms with Crippen LogP contribution in [-0.4, -0.2) is 24.6 Å². The van der Waals surface area contributed by atoms with Crippen molar-refractivity contribution in [2.45, 2.75) is 51.6 Å². The van der Waals surface area contributed by atoms with Gasteiger partial charge in [0.15, 0.2) is 0 Å². The number of anilines is 1. The highest BCUT2D eigenvalue weighted by atomic mass is 79.9. The van der Waals surface area contributed by atoms with Gasteiger partial charge in [0.05, 0.1) is 12.8 Å². The first-order chi connectivity index (χ1) is 9.65. The van der Waals surface area contributed by atoms with Gasteiger partial charge in [-0.2, -0.15) is 0 Å². The molecule has 0 unspecified atom stereocenters. The summed E-state index contributed by atoms with van der Waals surface area (Å²) in [4.78, 5) is 2.55. The van der Waals surface area contributed by atoms with E-state index in [-0.39, 0.29) is 0 Å². The Morgan fingerprint density at radius 1 is 1.30 bits per heavy atom. The highest BCUT2D eigenvalue weighted by Gasteiger charge is 2.21.